The van der Waals surface area contributed by atoms with Crippen LogP contribution in [0, 0.1) is 0 Å². The van der Waals surface area contributed by atoms with E-state index in [0.29, 0.717) is 5.82 Å². The summed E-state index contributed by atoms with van der Waals surface area (Å²) < 4.78 is 5.16. The number of aliphatic imine (C=N–C) groups is 1. The van der Waals surface area contributed by atoms with Gasteiger partial charge in [0.1, 0.15) is 11.7 Å². The van der Waals surface area contributed by atoms with E-state index in [-0.39, 0.29) is 5.91 Å². The van der Waals surface area contributed by atoms with Gasteiger partial charge in [-0.1, -0.05) is 18.2 Å². The van der Waals surface area contributed by atoms with Crippen molar-refractivity contribution in [2.45, 2.75) is 5.92 Å². The fourth-order valence-electron chi connectivity index (χ4n) is 2.83. The van der Waals surface area contributed by atoms with Crippen LogP contribution in [-0.2, 0) is 4.79 Å². The SMILES string of the molecule is COc1ccc(-c2cc(N=CC3C(=O)Nc4ccccc43)n[nH]2)cc1. The van der Waals surface area contributed by atoms with Gasteiger partial charge in [-0.3, -0.25) is 9.89 Å². The molecule has 1 unspecified atom stereocenters. The summed E-state index contributed by atoms with van der Waals surface area (Å²) in [6.07, 6.45) is 1.63. The zero-order chi connectivity index (χ0) is 17.2. The Kier molecular flexibility index (Phi) is 3.78. The Bertz CT molecular complexity index is 944. The Morgan fingerprint density at radius 1 is 1.16 bits per heavy atom. The van der Waals surface area contributed by atoms with Crippen LogP contribution in [0.3, 0.4) is 0 Å². The molecule has 1 aliphatic rings. The molecule has 1 aromatic heterocycles. The number of ether oxygens (including phenoxy) is 1. The van der Waals surface area contributed by atoms with E-state index in [2.05, 4.69) is 20.5 Å². The predicted octanol–water partition coefficient (Wildman–Crippen LogP) is 3.52. The van der Waals surface area contributed by atoms with Crippen molar-refractivity contribution in [1.29, 1.82) is 0 Å². The van der Waals surface area contributed by atoms with E-state index in [1.165, 1.54) is 0 Å². The van der Waals surface area contributed by atoms with E-state index in [0.717, 1.165) is 28.3 Å². The summed E-state index contributed by atoms with van der Waals surface area (Å²) in [4.78, 5) is 16.5. The molecule has 2 aromatic carbocycles. The summed E-state index contributed by atoms with van der Waals surface area (Å²) in [6.45, 7) is 0. The van der Waals surface area contributed by atoms with Crippen molar-refractivity contribution >= 4 is 23.6 Å². The third-order valence-electron chi connectivity index (χ3n) is 4.16. The van der Waals surface area contributed by atoms with Crippen LogP contribution in [0.1, 0.15) is 11.5 Å². The smallest absolute Gasteiger partial charge is 0.237 e. The molecule has 0 bridgehead atoms. The van der Waals surface area contributed by atoms with E-state index in [9.17, 15) is 4.79 Å². The lowest BCUT2D eigenvalue weighted by atomic mass is 10.0. The van der Waals surface area contributed by atoms with Gasteiger partial charge in [0, 0.05) is 18.0 Å². The molecule has 0 spiro atoms. The number of hydrogen-bond donors (Lipinski definition) is 2. The van der Waals surface area contributed by atoms with Gasteiger partial charge in [-0.2, -0.15) is 5.10 Å². The van der Waals surface area contributed by atoms with Crippen molar-refractivity contribution in [3.05, 3.63) is 60.2 Å². The Morgan fingerprint density at radius 2 is 1.96 bits per heavy atom. The van der Waals surface area contributed by atoms with Crippen molar-refractivity contribution in [2.24, 2.45) is 4.99 Å². The number of anilines is 1. The second-order valence-electron chi connectivity index (χ2n) is 5.70. The Morgan fingerprint density at radius 3 is 2.76 bits per heavy atom. The standard InChI is InChI=1S/C19H16N4O2/c1-25-13-8-6-12(7-9-13)17-10-18(23-22-17)20-11-15-14-4-2-3-5-16(14)21-19(15)24/h2-11,15H,1H3,(H,21,24)(H,22,23). The molecule has 0 aliphatic carbocycles. The van der Waals surface area contributed by atoms with Gasteiger partial charge in [-0.05, 0) is 41.5 Å². The zero-order valence-electron chi connectivity index (χ0n) is 13.6. The maximum absolute atomic E-state index is 12.1. The second-order valence-corrected chi connectivity index (χ2v) is 5.70. The van der Waals surface area contributed by atoms with Crippen LogP contribution in [0.25, 0.3) is 11.3 Å². The number of nitrogens with zero attached hydrogens (tertiary/aromatic N) is 2. The Balaban J connectivity index is 1.55. The molecule has 6 heteroatoms. The van der Waals surface area contributed by atoms with E-state index in [1.807, 2.05) is 54.6 Å². The number of methoxy groups -OCH3 is 1. The topological polar surface area (TPSA) is 79.4 Å². The number of aromatic amines is 1. The van der Waals surface area contributed by atoms with Crippen molar-refractivity contribution in [1.82, 2.24) is 10.2 Å². The van der Waals surface area contributed by atoms with Crippen LogP contribution < -0.4 is 10.1 Å². The fraction of sp³-hybridized carbons (Fsp3) is 0.105. The second kappa shape index (κ2) is 6.24. The molecule has 25 heavy (non-hydrogen) atoms. The molecule has 0 radical (unpaired) electrons. The molecule has 6 nitrogen and oxygen atoms in total. The van der Waals surface area contributed by atoms with Crippen molar-refractivity contribution in [2.75, 3.05) is 12.4 Å². The molecule has 4 rings (SSSR count). The molecule has 0 fully saturated rings. The van der Waals surface area contributed by atoms with Gasteiger partial charge in [0.15, 0.2) is 5.82 Å². The Hall–Kier alpha value is -3.41. The zero-order valence-corrected chi connectivity index (χ0v) is 13.6. The van der Waals surface area contributed by atoms with E-state index >= 15 is 0 Å². The number of fused-ring (bicyclic) bond motifs is 1. The predicted molar refractivity (Wildman–Crippen MR) is 96.5 cm³/mol. The molecular weight excluding hydrogens is 316 g/mol. The lowest BCUT2D eigenvalue weighted by molar-refractivity contribution is -0.115. The number of rotatable bonds is 4. The molecule has 0 saturated heterocycles. The number of hydrogen-bond acceptors (Lipinski definition) is 4. The first-order chi connectivity index (χ1) is 12.2. The summed E-state index contributed by atoms with van der Waals surface area (Å²) in [5.74, 6) is 0.864. The average Bonchev–Trinajstić information content (AvgIpc) is 3.24. The summed E-state index contributed by atoms with van der Waals surface area (Å²) in [5, 5.41) is 10.0. The van der Waals surface area contributed by atoms with Crippen LogP contribution in [-0.4, -0.2) is 29.4 Å². The molecule has 1 aliphatic heterocycles. The van der Waals surface area contributed by atoms with Crippen LogP contribution in [0.5, 0.6) is 5.75 Å². The molecule has 1 amide bonds. The quantitative estimate of drug-likeness (QED) is 0.717. The number of benzene rings is 2. The van der Waals surface area contributed by atoms with Crippen LogP contribution in [0.4, 0.5) is 11.5 Å². The highest BCUT2D eigenvalue weighted by atomic mass is 16.5. The first-order valence-electron chi connectivity index (χ1n) is 7.88. The van der Waals surface area contributed by atoms with Gasteiger partial charge < -0.3 is 10.1 Å². The number of carbonyl (C=O) groups excluding carboxylic acids is 1. The molecule has 2 N–H and O–H groups in total. The third-order valence-corrected chi connectivity index (χ3v) is 4.16. The third kappa shape index (κ3) is 2.89. The molecule has 2 heterocycles. The molecule has 124 valence electrons. The van der Waals surface area contributed by atoms with E-state index < -0.39 is 5.92 Å². The summed E-state index contributed by atoms with van der Waals surface area (Å²) in [7, 11) is 1.63. The number of amides is 1. The summed E-state index contributed by atoms with van der Waals surface area (Å²) >= 11 is 0. The van der Waals surface area contributed by atoms with Crippen LogP contribution >= 0.6 is 0 Å². The molecular formula is C19H16N4O2. The van der Waals surface area contributed by atoms with Crippen molar-refractivity contribution in [3.63, 3.8) is 0 Å². The fourth-order valence-corrected chi connectivity index (χ4v) is 2.83. The monoisotopic (exact) mass is 332 g/mol. The van der Waals surface area contributed by atoms with E-state index in [1.54, 1.807) is 13.3 Å². The minimum absolute atomic E-state index is 0.0733. The van der Waals surface area contributed by atoms with E-state index in [4.69, 9.17) is 4.74 Å². The normalized spacial score (nSPS) is 16.0. The van der Waals surface area contributed by atoms with Crippen LogP contribution in [0.15, 0.2) is 59.6 Å². The number of para-hydroxylation sites is 1. The minimum Gasteiger partial charge on any atom is -0.497 e. The van der Waals surface area contributed by atoms with Crippen molar-refractivity contribution < 1.29 is 9.53 Å². The first kappa shape index (κ1) is 15.1. The van der Waals surface area contributed by atoms with Gasteiger partial charge in [-0.25, -0.2) is 4.99 Å². The van der Waals surface area contributed by atoms with Crippen molar-refractivity contribution in [3.8, 4) is 17.0 Å². The van der Waals surface area contributed by atoms with Gasteiger partial charge in [0.2, 0.25) is 5.91 Å². The van der Waals surface area contributed by atoms with Gasteiger partial charge in [0.25, 0.3) is 0 Å². The highest BCUT2D eigenvalue weighted by Crippen LogP contribution is 2.31. The highest BCUT2D eigenvalue weighted by Gasteiger charge is 2.28. The molecule has 1 atom stereocenters. The van der Waals surface area contributed by atoms with Gasteiger partial charge in [0.05, 0.1) is 12.8 Å². The number of H-pyrrole nitrogens is 1. The number of aromatic nitrogens is 2. The maximum atomic E-state index is 12.1. The number of carbonyl (C=O) groups is 1. The van der Waals surface area contributed by atoms with Crippen LogP contribution in [0.2, 0.25) is 0 Å². The average molecular weight is 332 g/mol. The maximum Gasteiger partial charge on any atom is 0.237 e. The lowest BCUT2D eigenvalue weighted by Crippen LogP contribution is -2.12. The first-order valence-corrected chi connectivity index (χ1v) is 7.88. The highest BCUT2D eigenvalue weighted by molar-refractivity contribution is 6.12. The molecule has 3 aromatic rings. The lowest BCUT2D eigenvalue weighted by Gasteiger charge is -2.00. The largest absolute Gasteiger partial charge is 0.497 e. The summed E-state index contributed by atoms with van der Waals surface area (Å²) in [6, 6.07) is 17.1. The number of nitrogens with one attached hydrogen (secondary N) is 2. The van der Waals surface area contributed by atoms with Gasteiger partial charge >= 0.3 is 0 Å². The Labute approximate surface area is 144 Å². The summed E-state index contributed by atoms with van der Waals surface area (Å²) in [5.41, 5.74) is 3.61. The molecule has 0 saturated carbocycles. The minimum atomic E-state index is -0.391. The van der Waals surface area contributed by atoms with Gasteiger partial charge in [-0.15, -0.1) is 0 Å².